The van der Waals surface area contributed by atoms with Crippen molar-refractivity contribution in [2.75, 3.05) is 6.61 Å². The van der Waals surface area contributed by atoms with Crippen LogP contribution in [-0.4, -0.2) is 32.7 Å². The van der Waals surface area contributed by atoms with Crippen molar-refractivity contribution in [1.82, 2.24) is 15.0 Å². The number of benzene rings is 1. The van der Waals surface area contributed by atoms with Gasteiger partial charge in [0.15, 0.2) is 5.69 Å². The number of para-hydroxylation sites is 2. The third-order valence-corrected chi connectivity index (χ3v) is 3.13. The van der Waals surface area contributed by atoms with Crippen LogP contribution in [0.4, 0.5) is 0 Å². The predicted octanol–water partition coefficient (Wildman–Crippen LogP) is 2.71. The molecule has 0 bridgehead atoms. The lowest BCUT2D eigenvalue weighted by molar-refractivity contribution is 0.0689. The molecule has 0 fully saturated rings. The number of carboxylic acids is 1. The first-order valence-corrected chi connectivity index (χ1v) is 7.09. The largest absolute Gasteiger partial charge is 0.492 e. The minimum Gasteiger partial charge on any atom is -0.492 e. The van der Waals surface area contributed by atoms with Gasteiger partial charge in [-0.1, -0.05) is 30.7 Å². The topological polar surface area (TPSA) is 77.2 Å². The Hall–Kier alpha value is -2.37. The summed E-state index contributed by atoms with van der Waals surface area (Å²) >= 11 is 0. The van der Waals surface area contributed by atoms with Gasteiger partial charge < -0.3 is 9.84 Å². The van der Waals surface area contributed by atoms with Crippen molar-refractivity contribution in [3.05, 3.63) is 35.7 Å². The van der Waals surface area contributed by atoms with Crippen molar-refractivity contribution in [3.63, 3.8) is 0 Å². The summed E-state index contributed by atoms with van der Waals surface area (Å²) in [6.07, 6.45) is 2.47. The molecule has 112 valence electrons. The van der Waals surface area contributed by atoms with Gasteiger partial charge in [0.25, 0.3) is 0 Å². The zero-order chi connectivity index (χ0) is 15.2. The summed E-state index contributed by atoms with van der Waals surface area (Å²) in [5.41, 5.74) is 1.33. The highest BCUT2D eigenvalue weighted by molar-refractivity contribution is 5.86. The molecule has 2 aromatic rings. The summed E-state index contributed by atoms with van der Waals surface area (Å²) in [5.74, 6) is -0.388. The Morgan fingerprint density at radius 2 is 2.10 bits per heavy atom. The van der Waals surface area contributed by atoms with Crippen LogP contribution >= 0.6 is 0 Å². The molecule has 1 N–H and O–H groups in total. The summed E-state index contributed by atoms with van der Waals surface area (Å²) in [7, 11) is 0. The second kappa shape index (κ2) is 6.88. The van der Waals surface area contributed by atoms with Crippen LogP contribution in [0.3, 0.4) is 0 Å². The van der Waals surface area contributed by atoms with E-state index in [1.54, 1.807) is 4.68 Å². The Morgan fingerprint density at radius 1 is 1.33 bits per heavy atom. The monoisotopic (exact) mass is 289 g/mol. The fourth-order valence-electron chi connectivity index (χ4n) is 2.14. The van der Waals surface area contributed by atoms with E-state index in [1.165, 1.54) is 0 Å². The quantitative estimate of drug-likeness (QED) is 0.848. The van der Waals surface area contributed by atoms with E-state index < -0.39 is 5.97 Å². The Bertz CT molecular complexity index is 622. The van der Waals surface area contributed by atoms with Crippen LogP contribution in [0.2, 0.25) is 0 Å². The molecular weight excluding hydrogens is 270 g/mol. The van der Waals surface area contributed by atoms with E-state index in [2.05, 4.69) is 17.2 Å². The van der Waals surface area contributed by atoms with Gasteiger partial charge in [-0.2, -0.15) is 0 Å². The highest BCUT2D eigenvalue weighted by atomic mass is 16.5. The normalized spacial score (nSPS) is 10.6. The van der Waals surface area contributed by atoms with Crippen molar-refractivity contribution in [1.29, 1.82) is 0 Å². The summed E-state index contributed by atoms with van der Waals surface area (Å²) in [6.45, 7) is 4.49. The zero-order valence-electron chi connectivity index (χ0n) is 12.2. The molecule has 2 rings (SSSR count). The van der Waals surface area contributed by atoms with E-state index in [9.17, 15) is 9.90 Å². The molecular formula is C15H19N3O3. The van der Waals surface area contributed by atoms with Crippen molar-refractivity contribution in [3.8, 4) is 11.4 Å². The van der Waals surface area contributed by atoms with Crippen LogP contribution in [0.15, 0.2) is 24.3 Å². The highest BCUT2D eigenvalue weighted by Gasteiger charge is 2.20. The molecule has 0 aliphatic heterocycles. The predicted molar refractivity (Wildman–Crippen MR) is 78.1 cm³/mol. The van der Waals surface area contributed by atoms with Crippen molar-refractivity contribution < 1.29 is 14.6 Å². The molecule has 1 aromatic carbocycles. The number of aromatic carboxylic acids is 1. The number of unbranched alkanes of at least 4 members (excludes halogenated alkanes) is 1. The van der Waals surface area contributed by atoms with Crippen LogP contribution < -0.4 is 4.74 Å². The summed E-state index contributed by atoms with van der Waals surface area (Å²) in [6, 6.07) is 7.42. The highest BCUT2D eigenvalue weighted by Crippen LogP contribution is 2.24. The Kier molecular flexibility index (Phi) is 4.92. The minimum absolute atomic E-state index is 0.00903. The summed E-state index contributed by atoms with van der Waals surface area (Å²) in [5, 5.41) is 17.1. The van der Waals surface area contributed by atoms with Crippen LogP contribution in [0.25, 0.3) is 5.69 Å². The summed E-state index contributed by atoms with van der Waals surface area (Å²) < 4.78 is 7.16. The van der Waals surface area contributed by atoms with Gasteiger partial charge in [0.1, 0.15) is 11.4 Å². The smallest absolute Gasteiger partial charge is 0.358 e. The van der Waals surface area contributed by atoms with Crippen LogP contribution in [0.5, 0.6) is 5.75 Å². The van der Waals surface area contributed by atoms with E-state index in [0.29, 0.717) is 30.2 Å². The molecule has 0 unspecified atom stereocenters. The maximum atomic E-state index is 11.3. The number of carbonyl (C=O) groups is 1. The molecule has 0 saturated heterocycles. The zero-order valence-corrected chi connectivity index (χ0v) is 12.2. The fraction of sp³-hybridized carbons (Fsp3) is 0.400. The van der Waals surface area contributed by atoms with Crippen molar-refractivity contribution >= 4 is 5.97 Å². The average molecular weight is 289 g/mol. The van der Waals surface area contributed by atoms with Crippen LogP contribution in [0.1, 0.15) is 42.9 Å². The van der Waals surface area contributed by atoms with E-state index in [1.807, 2.05) is 31.2 Å². The molecule has 1 aromatic heterocycles. The van der Waals surface area contributed by atoms with Gasteiger partial charge in [-0.05, 0) is 31.9 Å². The van der Waals surface area contributed by atoms with E-state index >= 15 is 0 Å². The minimum atomic E-state index is -1.05. The molecule has 0 aliphatic rings. The standard InChI is InChI=1S/C15H19N3O3/c1-3-5-8-12-14(15(19)20)16-17-18(12)11-9-6-7-10-13(11)21-4-2/h6-7,9-10H,3-5,8H2,1-2H3,(H,19,20). The molecule has 0 aliphatic carbocycles. The first-order valence-electron chi connectivity index (χ1n) is 7.09. The van der Waals surface area contributed by atoms with Crippen molar-refractivity contribution in [2.45, 2.75) is 33.1 Å². The molecule has 0 atom stereocenters. The number of hydrogen-bond donors (Lipinski definition) is 1. The molecule has 0 radical (unpaired) electrons. The number of ether oxygens (including phenoxy) is 1. The van der Waals surface area contributed by atoms with Gasteiger partial charge in [0.2, 0.25) is 0 Å². The molecule has 21 heavy (non-hydrogen) atoms. The number of carboxylic acid groups (broad SMARTS) is 1. The number of rotatable bonds is 7. The maximum absolute atomic E-state index is 11.3. The third kappa shape index (κ3) is 3.21. The first kappa shape index (κ1) is 15.0. The second-order valence-electron chi connectivity index (χ2n) is 4.61. The number of nitrogens with zero attached hydrogens (tertiary/aromatic N) is 3. The van der Waals surface area contributed by atoms with Crippen LogP contribution in [-0.2, 0) is 6.42 Å². The van der Waals surface area contributed by atoms with E-state index in [0.717, 1.165) is 12.8 Å². The second-order valence-corrected chi connectivity index (χ2v) is 4.61. The number of hydrogen-bond acceptors (Lipinski definition) is 4. The lowest BCUT2D eigenvalue weighted by Crippen LogP contribution is -2.08. The maximum Gasteiger partial charge on any atom is 0.358 e. The van der Waals surface area contributed by atoms with Gasteiger partial charge >= 0.3 is 5.97 Å². The van der Waals surface area contributed by atoms with Gasteiger partial charge in [0, 0.05) is 0 Å². The molecule has 6 heteroatoms. The first-order chi connectivity index (χ1) is 10.2. The molecule has 1 heterocycles. The molecule has 0 saturated carbocycles. The lowest BCUT2D eigenvalue weighted by Gasteiger charge is -2.12. The van der Waals surface area contributed by atoms with E-state index in [-0.39, 0.29) is 5.69 Å². The van der Waals surface area contributed by atoms with Crippen molar-refractivity contribution in [2.24, 2.45) is 0 Å². The van der Waals surface area contributed by atoms with Gasteiger partial charge in [-0.15, -0.1) is 5.10 Å². The van der Waals surface area contributed by atoms with Gasteiger partial charge in [-0.3, -0.25) is 0 Å². The molecule has 0 spiro atoms. The van der Waals surface area contributed by atoms with Crippen LogP contribution in [0, 0.1) is 0 Å². The third-order valence-electron chi connectivity index (χ3n) is 3.13. The molecule has 0 amide bonds. The lowest BCUT2D eigenvalue weighted by atomic mass is 10.1. The SMILES string of the molecule is CCCCc1c(C(=O)O)nnn1-c1ccccc1OCC. The van der Waals surface area contributed by atoms with Gasteiger partial charge in [-0.25, -0.2) is 9.48 Å². The van der Waals surface area contributed by atoms with E-state index in [4.69, 9.17) is 4.74 Å². The molecule has 6 nitrogen and oxygen atoms in total. The van der Waals surface area contributed by atoms with Gasteiger partial charge in [0.05, 0.1) is 12.3 Å². The average Bonchev–Trinajstić information content (AvgIpc) is 2.90. The Morgan fingerprint density at radius 3 is 2.76 bits per heavy atom. The summed E-state index contributed by atoms with van der Waals surface area (Å²) in [4.78, 5) is 11.3. The Labute approximate surface area is 123 Å². The Balaban J connectivity index is 2.50. The fourth-order valence-corrected chi connectivity index (χ4v) is 2.14. The number of aromatic nitrogens is 3.